The molecular formula is C64H109NO10. The Morgan fingerprint density at radius 3 is 1.47 bits per heavy atom. The highest BCUT2D eigenvalue weighted by molar-refractivity contribution is 5.80. The smallest absolute Gasteiger partial charge is 0.306 e. The number of aliphatic hydroxyl groups excluding tert-OH is 5. The van der Waals surface area contributed by atoms with Crippen LogP contribution in [0.1, 0.15) is 233 Å². The van der Waals surface area contributed by atoms with Crippen LogP contribution in [-0.4, -0.2) is 99.6 Å². The fourth-order valence-electron chi connectivity index (χ4n) is 8.71. The average Bonchev–Trinajstić information content (AvgIpc) is 3.41. The molecule has 1 aliphatic rings. The fraction of sp³-hybridized carbons (Fsp3) is 0.719. The molecule has 11 nitrogen and oxygen atoms in total. The Morgan fingerprint density at radius 2 is 0.960 bits per heavy atom. The zero-order valence-corrected chi connectivity index (χ0v) is 47.4. The third-order valence-electron chi connectivity index (χ3n) is 13.5. The van der Waals surface area contributed by atoms with Gasteiger partial charge in [-0.3, -0.25) is 9.59 Å². The Morgan fingerprint density at radius 1 is 0.533 bits per heavy atom. The number of amides is 1. The van der Waals surface area contributed by atoms with Gasteiger partial charge in [-0.2, -0.15) is 0 Å². The maximum Gasteiger partial charge on any atom is 0.306 e. The molecule has 0 aromatic carbocycles. The van der Waals surface area contributed by atoms with Crippen molar-refractivity contribution < 1.29 is 49.3 Å². The van der Waals surface area contributed by atoms with Crippen LogP contribution in [0.5, 0.6) is 0 Å². The molecule has 0 radical (unpaired) electrons. The molecule has 430 valence electrons. The second-order valence-corrected chi connectivity index (χ2v) is 20.3. The maximum absolute atomic E-state index is 13.4. The summed E-state index contributed by atoms with van der Waals surface area (Å²) in [5.41, 5.74) is 0. The molecule has 8 unspecified atom stereocenters. The van der Waals surface area contributed by atoms with Crippen molar-refractivity contribution in [2.75, 3.05) is 13.2 Å². The van der Waals surface area contributed by atoms with E-state index < -0.39 is 67.4 Å². The Kier molecular flexibility index (Phi) is 47.6. The van der Waals surface area contributed by atoms with E-state index in [0.717, 1.165) is 103 Å². The van der Waals surface area contributed by atoms with E-state index in [4.69, 9.17) is 14.2 Å². The van der Waals surface area contributed by atoms with E-state index in [9.17, 15) is 35.1 Å². The largest absolute Gasteiger partial charge is 0.454 e. The molecule has 8 atom stereocenters. The van der Waals surface area contributed by atoms with Crippen molar-refractivity contribution >= 4 is 11.9 Å². The van der Waals surface area contributed by atoms with Crippen molar-refractivity contribution in [1.82, 2.24) is 5.32 Å². The molecule has 1 aliphatic heterocycles. The first-order valence-electron chi connectivity index (χ1n) is 30.0. The second-order valence-electron chi connectivity index (χ2n) is 20.3. The van der Waals surface area contributed by atoms with Crippen LogP contribution in [0.2, 0.25) is 0 Å². The number of carbonyl (C=O) groups is 2. The molecule has 11 heteroatoms. The summed E-state index contributed by atoms with van der Waals surface area (Å²) < 4.78 is 17.6. The maximum atomic E-state index is 13.4. The van der Waals surface area contributed by atoms with Crippen LogP contribution in [0, 0.1) is 0 Å². The van der Waals surface area contributed by atoms with E-state index in [0.29, 0.717) is 12.8 Å². The van der Waals surface area contributed by atoms with Crippen molar-refractivity contribution in [1.29, 1.82) is 0 Å². The number of unbranched alkanes of at least 4 members (excludes halogenated alkanes) is 21. The fourth-order valence-corrected chi connectivity index (χ4v) is 8.71. The molecule has 1 amide bonds. The second kappa shape index (κ2) is 51.3. The van der Waals surface area contributed by atoms with Crippen molar-refractivity contribution in [3.63, 3.8) is 0 Å². The normalized spacial score (nSPS) is 19.9. The highest BCUT2D eigenvalue weighted by Crippen LogP contribution is 2.26. The number of hydrogen-bond donors (Lipinski definition) is 6. The van der Waals surface area contributed by atoms with Crippen molar-refractivity contribution in [2.45, 2.75) is 282 Å². The first-order valence-corrected chi connectivity index (χ1v) is 30.0. The Labute approximate surface area is 456 Å². The van der Waals surface area contributed by atoms with Crippen molar-refractivity contribution in [3.05, 3.63) is 97.2 Å². The summed E-state index contributed by atoms with van der Waals surface area (Å²) in [6.07, 6.45) is 57.3. The van der Waals surface area contributed by atoms with Gasteiger partial charge in [0.25, 0.3) is 0 Å². The quantitative estimate of drug-likeness (QED) is 0.0195. The van der Waals surface area contributed by atoms with Crippen LogP contribution in [0.4, 0.5) is 0 Å². The van der Waals surface area contributed by atoms with Gasteiger partial charge in [-0.15, -0.1) is 0 Å². The predicted molar refractivity (Wildman–Crippen MR) is 310 cm³/mol. The summed E-state index contributed by atoms with van der Waals surface area (Å²) in [5, 5.41) is 56.8. The SMILES string of the molecule is CC/C=C\C/C=C\C/C=C\C/C=C\C/C=C\CCC(O)C(=O)NC(COC1OC(CO)C(O)C(O)C1OC(=O)CCCCCCCCC/C=C\C/C=C\CCCCC)C(O)/C=C/CCCCCCCCCCCCC. The van der Waals surface area contributed by atoms with Crippen LogP contribution in [-0.2, 0) is 23.8 Å². The highest BCUT2D eigenvalue weighted by atomic mass is 16.7. The number of ether oxygens (including phenoxy) is 3. The van der Waals surface area contributed by atoms with Gasteiger partial charge in [0.2, 0.25) is 5.91 Å². The molecule has 0 aromatic rings. The molecule has 1 saturated heterocycles. The first-order chi connectivity index (χ1) is 36.7. The van der Waals surface area contributed by atoms with Gasteiger partial charge in [-0.1, -0.05) is 227 Å². The van der Waals surface area contributed by atoms with E-state index >= 15 is 0 Å². The van der Waals surface area contributed by atoms with Crippen LogP contribution < -0.4 is 5.32 Å². The third-order valence-corrected chi connectivity index (χ3v) is 13.5. The lowest BCUT2D eigenvalue weighted by atomic mass is 9.99. The first kappa shape index (κ1) is 69.6. The minimum atomic E-state index is -1.63. The summed E-state index contributed by atoms with van der Waals surface area (Å²) >= 11 is 0. The molecule has 1 heterocycles. The van der Waals surface area contributed by atoms with Gasteiger partial charge in [-0.05, 0) is 96.3 Å². The molecule has 0 spiro atoms. The van der Waals surface area contributed by atoms with Gasteiger partial charge in [0.1, 0.15) is 24.4 Å². The Bertz CT molecular complexity index is 1580. The molecule has 6 N–H and O–H groups in total. The van der Waals surface area contributed by atoms with Crippen LogP contribution in [0.15, 0.2) is 97.2 Å². The van der Waals surface area contributed by atoms with Gasteiger partial charge in [0.05, 0.1) is 25.4 Å². The van der Waals surface area contributed by atoms with E-state index in [-0.39, 0.29) is 19.4 Å². The Balaban J connectivity index is 2.77. The van der Waals surface area contributed by atoms with Crippen LogP contribution in [0.3, 0.4) is 0 Å². The van der Waals surface area contributed by atoms with Gasteiger partial charge in [-0.25, -0.2) is 0 Å². The van der Waals surface area contributed by atoms with Gasteiger partial charge < -0.3 is 45.1 Å². The molecule has 1 fully saturated rings. The molecule has 0 aromatic heterocycles. The number of hydrogen-bond acceptors (Lipinski definition) is 10. The number of nitrogens with one attached hydrogen (secondary N) is 1. The summed E-state index contributed by atoms with van der Waals surface area (Å²) in [6.45, 7) is 5.60. The third kappa shape index (κ3) is 39.6. The summed E-state index contributed by atoms with van der Waals surface area (Å²) in [5.74, 6) is -1.27. The van der Waals surface area contributed by atoms with Crippen LogP contribution >= 0.6 is 0 Å². The van der Waals surface area contributed by atoms with E-state index in [1.54, 1.807) is 6.08 Å². The average molecular weight is 1050 g/mol. The minimum Gasteiger partial charge on any atom is -0.454 e. The van der Waals surface area contributed by atoms with Crippen LogP contribution in [0.25, 0.3) is 0 Å². The van der Waals surface area contributed by atoms with Gasteiger partial charge in [0.15, 0.2) is 12.4 Å². The molecule has 0 aliphatic carbocycles. The predicted octanol–water partition coefficient (Wildman–Crippen LogP) is 13.9. The zero-order valence-electron chi connectivity index (χ0n) is 47.4. The van der Waals surface area contributed by atoms with E-state index in [1.807, 2.05) is 18.2 Å². The lowest BCUT2D eigenvalue weighted by Gasteiger charge is -2.41. The van der Waals surface area contributed by atoms with E-state index in [2.05, 4.69) is 99.0 Å². The number of aliphatic hydroxyl groups is 5. The van der Waals surface area contributed by atoms with E-state index in [1.165, 1.54) is 83.5 Å². The number of allylic oxidation sites excluding steroid dienone is 15. The lowest BCUT2D eigenvalue weighted by Crippen LogP contribution is -2.61. The summed E-state index contributed by atoms with van der Waals surface area (Å²) in [7, 11) is 0. The van der Waals surface area contributed by atoms with Crippen molar-refractivity contribution in [3.8, 4) is 0 Å². The number of esters is 1. The number of carbonyl (C=O) groups excluding carboxylic acids is 2. The minimum absolute atomic E-state index is 0.103. The molecule has 75 heavy (non-hydrogen) atoms. The molecular weight excluding hydrogens is 943 g/mol. The topological polar surface area (TPSA) is 175 Å². The summed E-state index contributed by atoms with van der Waals surface area (Å²) in [6, 6.07) is -1.06. The van der Waals surface area contributed by atoms with Gasteiger partial charge >= 0.3 is 5.97 Å². The molecule has 0 saturated carbocycles. The zero-order chi connectivity index (χ0) is 54.7. The molecule has 1 rings (SSSR count). The molecule has 0 bridgehead atoms. The summed E-state index contributed by atoms with van der Waals surface area (Å²) in [4.78, 5) is 26.5. The van der Waals surface area contributed by atoms with Gasteiger partial charge in [0, 0.05) is 6.42 Å². The lowest BCUT2D eigenvalue weighted by molar-refractivity contribution is -0.305. The monoisotopic (exact) mass is 1050 g/mol. The highest BCUT2D eigenvalue weighted by Gasteiger charge is 2.47. The van der Waals surface area contributed by atoms with Crippen molar-refractivity contribution in [2.24, 2.45) is 0 Å². The Hall–Kier alpha value is -3.42. The standard InChI is InChI=1S/C64H109NO10/c1-4-7-10-13-16-19-22-25-27-29-31-34-37-40-43-46-49-52-59(69)75-62-61(71)60(70)58(53-66)74-64(62)73-54-55(56(67)50-47-44-41-38-35-32-24-21-18-15-12-9-6-3)65-63(72)57(68)51-48-45-42-39-36-33-30-28-26-23-20-17-14-11-8-5-2/h8,11,16-17,19-20,25-28,33,36,42,45,47,50,55-58,60-62,64,66-68,70-71H,4-7,9-10,12-15,18,21-24,29-32,34-35,37-41,43-44,46,48-49,51-54H2,1-3H3,(H,65,72)/b11-8-,19-16-,20-17-,27-25-,28-26-,36-33-,45-42-,50-47+. The number of rotatable bonds is 49.